The van der Waals surface area contributed by atoms with Crippen LogP contribution in [-0.4, -0.2) is 28.0 Å². The molecule has 0 atom stereocenters. The van der Waals surface area contributed by atoms with E-state index in [4.69, 9.17) is 0 Å². The van der Waals surface area contributed by atoms with Gasteiger partial charge in [0, 0.05) is 17.1 Å². The molecule has 1 aliphatic heterocycles. The molecule has 0 amide bonds. The lowest BCUT2D eigenvalue weighted by Crippen LogP contribution is -2.37. The third-order valence-corrected chi connectivity index (χ3v) is 3.00. The zero-order chi connectivity index (χ0) is 9.97. The van der Waals surface area contributed by atoms with Gasteiger partial charge >= 0.3 is 0 Å². The van der Waals surface area contributed by atoms with Crippen molar-refractivity contribution in [2.75, 3.05) is 13.1 Å². The van der Waals surface area contributed by atoms with Crippen LogP contribution < -0.4 is 5.56 Å². The Labute approximate surface area is 90.5 Å². The maximum Gasteiger partial charge on any atom is 0.254 e. The molecule has 2 heterocycles. The van der Waals surface area contributed by atoms with Crippen molar-refractivity contribution in [2.45, 2.75) is 18.3 Å². The maximum absolute atomic E-state index is 11.4. The van der Waals surface area contributed by atoms with E-state index in [0.717, 1.165) is 25.5 Å². The van der Waals surface area contributed by atoms with Crippen molar-refractivity contribution < 1.29 is 0 Å². The smallest absolute Gasteiger partial charge is 0.254 e. The number of nitrogens with one attached hydrogen (secondary N) is 1. The van der Waals surface area contributed by atoms with Crippen LogP contribution in [0.4, 0.5) is 0 Å². The van der Waals surface area contributed by atoms with Gasteiger partial charge in [-0.2, -0.15) is 0 Å². The van der Waals surface area contributed by atoms with Crippen molar-refractivity contribution in [3.63, 3.8) is 0 Å². The van der Waals surface area contributed by atoms with Crippen LogP contribution >= 0.6 is 15.9 Å². The van der Waals surface area contributed by atoms with E-state index in [1.165, 1.54) is 6.42 Å². The van der Waals surface area contributed by atoms with Crippen LogP contribution in [0.1, 0.15) is 17.8 Å². The summed E-state index contributed by atoms with van der Waals surface area (Å²) in [5, 5.41) is 0.555. The summed E-state index contributed by atoms with van der Waals surface area (Å²) < 4.78 is 0. The number of hydrogen-bond acceptors (Lipinski definition) is 3. The molecule has 1 saturated heterocycles. The first-order valence-corrected chi connectivity index (χ1v) is 5.77. The second-order valence-electron chi connectivity index (χ2n) is 3.45. The van der Waals surface area contributed by atoms with Crippen LogP contribution in [0, 0.1) is 0 Å². The second-order valence-corrected chi connectivity index (χ2v) is 4.01. The summed E-state index contributed by atoms with van der Waals surface area (Å²) >= 11 is 3.24. The molecule has 5 heteroatoms. The summed E-state index contributed by atoms with van der Waals surface area (Å²) in [5.74, 6) is 0.763. The van der Waals surface area contributed by atoms with Gasteiger partial charge in [-0.1, -0.05) is 15.9 Å². The fourth-order valence-electron chi connectivity index (χ4n) is 1.39. The second kappa shape index (κ2) is 4.23. The Morgan fingerprint density at radius 2 is 2.36 bits per heavy atom. The third kappa shape index (κ3) is 2.04. The quantitative estimate of drug-likeness (QED) is 0.818. The van der Waals surface area contributed by atoms with E-state index < -0.39 is 0 Å². The van der Waals surface area contributed by atoms with E-state index in [1.54, 1.807) is 6.20 Å². The number of nitrogens with zero attached hydrogens (tertiary/aromatic N) is 2. The van der Waals surface area contributed by atoms with Crippen LogP contribution in [0.3, 0.4) is 0 Å². The van der Waals surface area contributed by atoms with Crippen LogP contribution in [0.15, 0.2) is 11.0 Å². The molecule has 1 aromatic heterocycles. The highest BCUT2D eigenvalue weighted by Gasteiger charge is 2.14. The molecule has 0 unspecified atom stereocenters. The van der Waals surface area contributed by atoms with Gasteiger partial charge in [-0.15, -0.1) is 0 Å². The lowest BCUT2D eigenvalue weighted by Gasteiger charge is -2.29. The number of hydrogen-bond donors (Lipinski definition) is 1. The summed E-state index contributed by atoms with van der Waals surface area (Å²) in [5.41, 5.74) is 0.643. The molecule has 0 saturated carbocycles. The van der Waals surface area contributed by atoms with Gasteiger partial charge in [-0.25, -0.2) is 4.98 Å². The summed E-state index contributed by atoms with van der Waals surface area (Å²) in [6, 6.07) is 0. The van der Waals surface area contributed by atoms with E-state index in [2.05, 4.69) is 30.8 Å². The van der Waals surface area contributed by atoms with Gasteiger partial charge in [-0.3, -0.25) is 9.69 Å². The molecule has 0 spiro atoms. The fourth-order valence-corrected chi connectivity index (χ4v) is 1.78. The number of aromatic amines is 1. The fraction of sp³-hybridized carbons (Fsp3) is 0.556. The number of rotatable bonds is 3. The van der Waals surface area contributed by atoms with Crippen LogP contribution in [0.25, 0.3) is 0 Å². The molecule has 1 aromatic rings. The molecule has 14 heavy (non-hydrogen) atoms. The highest BCUT2D eigenvalue weighted by molar-refractivity contribution is 9.08. The third-order valence-electron chi connectivity index (χ3n) is 2.39. The van der Waals surface area contributed by atoms with Crippen LogP contribution in [0.2, 0.25) is 0 Å². The Balaban J connectivity index is 2.11. The highest BCUT2D eigenvalue weighted by atomic mass is 79.9. The van der Waals surface area contributed by atoms with Gasteiger partial charge in [0.1, 0.15) is 5.82 Å². The normalized spacial score (nSPS) is 16.6. The minimum absolute atomic E-state index is 0.0348. The van der Waals surface area contributed by atoms with E-state index in [9.17, 15) is 4.79 Å². The lowest BCUT2D eigenvalue weighted by atomic mass is 10.2. The Morgan fingerprint density at radius 3 is 2.86 bits per heavy atom. The van der Waals surface area contributed by atoms with Gasteiger partial charge in [-0.05, 0) is 19.5 Å². The van der Waals surface area contributed by atoms with Crippen LogP contribution in [0.5, 0.6) is 0 Å². The molecule has 76 valence electrons. The van der Waals surface area contributed by atoms with Crippen molar-refractivity contribution in [1.29, 1.82) is 0 Å². The Kier molecular flexibility index (Phi) is 2.98. The molecule has 1 fully saturated rings. The van der Waals surface area contributed by atoms with Crippen molar-refractivity contribution >= 4 is 15.9 Å². The first-order chi connectivity index (χ1) is 6.79. The summed E-state index contributed by atoms with van der Waals surface area (Å²) in [7, 11) is 0. The van der Waals surface area contributed by atoms with Crippen molar-refractivity contribution in [3.05, 3.63) is 27.9 Å². The summed E-state index contributed by atoms with van der Waals surface area (Å²) in [6.45, 7) is 2.99. The number of alkyl halides is 1. The molecule has 0 bridgehead atoms. The summed E-state index contributed by atoms with van der Waals surface area (Å²) in [6.07, 6.45) is 2.90. The van der Waals surface area contributed by atoms with E-state index in [0.29, 0.717) is 10.9 Å². The highest BCUT2D eigenvalue weighted by Crippen LogP contribution is 2.08. The molecule has 1 aliphatic rings. The van der Waals surface area contributed by atoms with Gasteiger partial charge in [0.15, 0.2) is 0 Å². The lowest BCUT2D eigenvalue weighted by molar-refractivity contribution is 0.168. The zero-order valence-corrected chi connectivity index (χ0v) is 9.38. The number of likely N-dealkylation sites (tertiary alicyclic amines) is 1. The van der Waals surface area contributed by atoms with E-state index >= 15 is 0 Å². The first-order valence-electron chi connectivity index (χ1n) is 4.65. The first kappa shape index (κ1) is 9.86. The molecule has 0 aliphatic carbocycles. The molecule has 0 aromatic carbocycles. The molecular weight excluding hydrogens is 246 g/mol. The number of aromatic nitrogens is 2. The summed E-state index contributed by atoms with van der Waals surface area (Å²) in [4.78, 5) is 20.7. The maximum atomic E-state index is 11.4. The average Bonchev–Trinajstić information content (AvgIpc) is 2.12. The molecule has 0 radical (unpaired) electrons. The predicted molar refractivity (Wildman–Crippen MR) is 57.4 cm³/mol. The van der Waals surface area contributed by atoms with Gasteiger partial charge in [0.05, 0.1) is 6.54 Å². The molecule has 4 nitrogen and oxygen atoms in total. The zero-order valence-electron chi connectivity index (χ0n) is 7.79. The number of H-pyrrole nitrogens is 1. The molecule has 2 rings (SSSR count). The largest absolute Gasteiger partial charge is 0.309 e. The average molecular weight is 258 g/mol. The Morgan fingerprint density at radius 1 is 1.57 bits per heavy atom. The minimum Gasteiger partial charge on any atom is -0.309 e. The topological polar surface area (TPSA) is 49.0 Å². The van der Waals surface area contributed by atoms with Gasteiger partial charge in [0.2, 0.25) is 0 Å². The molecular formula is C9H12BrN3O. The van der Waals surface area contributed by atoms with Crippen molar-refractivity contribution in [1.82, 2.24) is 14.9 Å². The molecule has 1 N–H and O–H groups in total. The SMILES string of the molecule is O=c1[nH]c(CN2CCC2)ncc1CBr. The Bertz CT molecular complexity index is 373. The van der Waals surface area contributed by atoms with Gasteiger partial charge in [0.25, 0.3) is 5.56 Å². The van der Waals surface area contributed by atoms with E-state index in [-0.39, 0.29) is 5.56 Å². The predicted octanol–water partition coefficient (Wildman–Crippen LogP) is 0.870. The number of halogens is 1. The van der Waals surface area contributed by atoms with Crippen molar-refractivity contribution in [2.24, 2.45) is 0 Å². The Hall–Kier alpha value is -0.680. The van der Waals surface area contributed by atoms with E-state index in [1.807, 2.05) is 0 Å². The van der Waals surface area contributed by atoms with Crippen LogP contribution in [-0.2, 0) is 11.9 Å². The van der Waals surface area contributed by atoms with Gasteiger partial charge < -0.3 is 4.98 Å². The standard InChI is InChI=1S/C9H12BrN3O/c10-4-7-5-11-8(12-9(7)14)6-13-2-1-3-13/h5H,1-4,6H2,(H,11,12,14). The van der Waals surface area contributed by atoms with Crippen molar-refractivity contribution in [3.8, 4) is 0 Å². The minimum atomic E-state index is -0.0348. The monoisotopic (exact) mass is 257 g/mol.